The fourth-order valence-corrected chi connectivity index (χ4v) is 3.42. The van der Waals surface area contributed by atoms with Crippen LogP contribution in [0, 0.1) is 23.2 Å². The highest BCUT2D eigenvalue weighted by Gasteiger charge is 2.49. The molecule has 2 saturated carbocycles. The Morgan fingerprint density at radius 3 is 2.53 bits per heavy atom. The molecule has 0 aromatic carbocycles. The van der Waals surface area contributed by atoms with Crippen molar-refractivity contribution in [1.82, 2.24) is 0 Å². The van der Waals surface area contributed by atoms with Gasteiger partial charge in [0.25, 0.3) is 0 Å². The Hall–Kier alpha value is 0. The maximum absolute atomic E-state index is 2.53. The monoisotopic (exact) mass is 208 g/mol. The molecule has 0 radical (unpaired) electrons. The zero-order valence-corrected chi connectivity index (χ0v) is 10.9. The van der Waals surface area contributed by atoms with Crippen molar-refractivity contribution < 1.29 is 0 Å². The van der Waals surface area contributed by atoms with Crippen LogP contribution in [0.2, 0.25) is 0 Å². The van der Waals surface area contributed by atoms with E-state index >= 15 is 0 Å². The van der Waals surface area contributed by atoms with E-state index in [2.05, 4.69) is 20.8 Å². The maximum Gasteiger partial charge on any atom is -0.0294 e. The zero-order valence-electron chi connectivity index (χ0n) is 10.9. The quantitative estimate of drug-likeness (QED) is 0.550. The number of unbranched alkanes of at least 4 members (excludes halogenated alkanes) is 1. The van der Waals surface area contributed by atoms with Gasteiger partial charge in [0, 0.05) is 0 Å². The summed E-state index contributed by atoms with van der Waals surface area (Å²) in [4.78, 5) is 0. The first kappa shape index (κ1) is 11.5. The molecule has 0 aliphatic heterocycles. The zero-order chi connectivity index (χ0) is 10.9. The molecule has 4 unspecified atom stereocenters. The minimum absolute atomic E-state index is 0.770. The fraction of sp³-hybridized carbons (Fsp3) is 1.00. The molecule has 88 valence electrons. The molecule has 0 heterocycles. The smallest absolute Gasteiger partial charge is 0.0294 e. The number of hydrogen-bond acceptors (Lipinski definition) is 0. The Balaban J connectivity index is 1.58. The highest BCUT2D eigenvalue weighted by molar-refractivity contribution is 4.99. The second-order valence-corrected chi connectivity index (χ2v) is 6.40. The Labute approximate surface area is 95.8 Å². The maximum atomic E-state index is 2.53. The first-order valence-corrected chi connectivity index (χ1v) is 7.19. The lowest BCUT2D eigenvalue weighted by atomic mass is 9.96. The van der Waals surface area contributed by atoms with Crippen LogP contribution in [0.4, 0.5) is 0 Å². The van der Waals surface area contributed by atoms with Crippen LogP contribution in [-0.4, -0.2) is 0 Å². The van der Waals surface area contributed by atoms with Gasteiger partial charge in [0.15, 0.2) is 0 Å². The van der Waals surface area contributed by atoms with Gasteiger partial charge in [-0.1, -0.05) is 40.0 Å². The van der Waals surface area contributed by atoms with Crippen LogP contribution >= 0.6 is 0 Å². The Morgan fingerprint density at radius 1 is 1.13 bits per heavy atom. The van der Waals surface area contributed by atoms with Crippen LogP contribution in [-0.2, 0) is 0 Å². The van der Waals surface area contributed by atoms with Crippen molar-refractivity contribution in [2.75, 3.05) is 0 Å². The molecule has 0 saturated heterocycles. The van der Waals surface area contributed by atoms with Gasteiger partial charge >= 0.3 is 0 Å². The minimum Gasteiger partial charge on any atom is -0.0654 e. The van der Waals surface area contributed by atoms with Crippen LogP contribution in [0.1, 0.15) is 72.1 Å². The lowest BCUT2D eigenvalue weighted by Crippen LogP contribution is -1.98. The van der Waals surface area contributed by atoms with E-state index in [1.54, 1.807) is 19.3 Å². The number of rotatable bonds is 7. The molecule has 0 bridgehead atoms. The van der Waals surface area contributed by atoms with E-state index in [1.165, 1.54) is 32.1 Å². The predicted octanol–water partition coefficient (Wildman–Crippen LogP) is 5.03. The highest BCUT2D eigenvalue weighted by atomic mass is 14.5. The van der Waals surface area contributed by atoms with E-state index in [4.69, 9.17) is 0 Å². The van der Waals surface area contributed by atoms with E-state index < -0.39 is 0 Å². The topological polar surface area (TPSA) is 0 Å². The molecule has 4 atom stereocenters. The Morgan fingerprint density at radius 2 is 1.93 bits per heavy atom. The van der Waals surface area contributed by atoms with Crippen molar-refractivity contribution >= 4 is 0 Å². The molecule has 0 amide bonds. The van der Waals surface area contributed by atoms with Gasteiger partial charge in [-0.3, -0.25) is 0 Å². The van der Waals surface area contributed by atoms with E-state index in [1.807, 2.05) is 0 Å². The van der Waals surface area contributed by atoms with E-state index in [0.717, 1.165) is 23.2 Å². The third-order valence-corrected chi connectivity index (χ3v) is 5.12. The first-order valence-electron chi connectivity index (χ1n) is 7.19. The van der Waals surface area contributed by atoms with Crippen molar-refractivity contribution in [3.63, 3.8) is 0 Å². The summed E-state index contributed by atoms with van der Waals surface area (Å²) in [7, 11) is 0. The van der Waals surface area contributed by atoms with Crippen molar-refractivity contribution in [2.24, 2.45) is 23.2 Å². The first-order chi connectivity index (χ1) is 7.19. The average Bonchev–Trinajstić information content (AvgIpc) is 3.10. The van der Waals surface area contributed by atoms with Crippen molar-refractivity contribution in [2.45, 2.75) is 72.1 Å². The van der Waals surface area contributed by atoms with Gasteiger partial charge in [-0.05, 0) is 55.3 Å². The van der Waals surface area contributed by atoms with Gasteiger partial charge in [-0.2, -0.15) is 0 Å². The molecule has 2 aliphatic rings. The molecule has 0 aromatic rings. The van der Waals surface area contributed by atoms with Gasteiger partial charge < -0.3 is 0 Å². The molecular weight excluding hydrogens is 180 g/mol. The third-order valence-electron chi connectivity index (χ3n) is 5.12. The Kier molecular flexibility index (Phi) is 3.42. The summed E-state index contributed by atoms with van der Waals surface area (Å²) in [6, 6.07) is 0. The van der Waals surface area contributed by atoms with Crippen LogP contribution < -0.4 is 0 Å². The molecule has 0 N–H and O–H groups in total. The van der Waals surface area contributed by atoms with Crippen molar-refractivity contribution in [3.8, 4) is 0 Å². The third kappa shape index (κ3) is 2.77. The van der Waals surface area contributed by atoms with Crippen LogP contribution in [0.5, 0.6) is 0 Å². The van der Waals surface area contributed by atoms with Gasteiger partial charge in [-0.25, -0.2) is 0 Å². The lowest BCUT2D eigenvalue weighted by molar-refractivity contribution is 0.416. The largest absolute Gasteiger partial charge is 0.0654 e. The molecule has 0 spiro atoms. The molecular formula is C15H28. The van der Waals surface area contributed by atoms with Gasteiger partial charge in [-0.15, -0.1) is 0 Å². The van der Waals surface area contributed by atoms with Gasteiger partial charge in [0.1, 0.15) is 0 Å². The molecule has 0 nitrogen and oxygen atoms in total. The highest BCUT2D eigenvalue weighted by Crippen LogP contribution is 2.59. The number of hydrogen-bond donors (Lipinski definition) is 0. The molecule has 0 heteroatoms. The summed E-state index contributed by atoms with van der Waals surface area (Å²) in [6.07, 6.45) is 11.9. The van der Waals surface area contributed by atoms with Crippen LogP contribution in [0.3, 0.4) is 0 Å². The SMILES string of the molecule is CCCCC1(C)CC1CCC1CC1CC. The lowest BCUT2D eigenvalue weighted by Gasteiger charge is -2.09. The van der Waals surface area contributed by atoms with Crippen molar-refractivity contribution in [1.29, 1.82) is 0 Å². The standard InChI is InChI=1S/C15H28/c1-4-6-9-15(3)11-14(15)8-7-13-10-12(13)5-2/h12-14H,4-11H2,1-3H3. The van der Waals surface area contributed by atoms with Gasteiger partial charge in [0.05, 0.1) is 0 Å². The summed E-state index contributed by atoms with van der Waals surface area (Å²) in [5, 5.41) is 0. The van der Waals surface area contributed by atoms with Crippen LogP contribution in [0.15, 0.2) is 0 Å². The molecule has 2 aliphatic carbocycles. The summed E-state index contributed by atoms with van der Waals surface area (Å²) in [6.45, 7) is 7.20. The van der Waals surface area contributed by atoms with E-state index in [9.17, 15) is 0 Å². The van der Waals surface area contributed by atoms with Crippen molar-refractivity contribution in [3.05, 3.63) is 0 Å². The Bertz CT molecular complexity index is 208. The summed E-state index contributed by atoms with van der Waals surface area (Å²) >= 11 is 0. The van der Waals surface area contributed by atoms with Gasteiger partial charge in [0.2, 0.25) is 0 Å². The fourth-order valence-electron chi connectivity index (χ4n) is 3.42. The molecule has 0 aromatic heterocycles. The summed E-state index contributed by atoms with van der Waals surface area (Å²) in [5.74, 6) is 3.35. The predicted molar refractivity (Wildman–Crippen MR) is 66.9 cm³/mol. The molecule has 2 rings (SSSR count). The summed E-state index contributed by atoms with van der Waals surface area (Å²) < 4.78 is 0. The minimum atomic E-state index is 0.770. The van der Waals surface area contributed by atoms with E-state index in [-0.39, 0.29) is 0 Å². The molecule has 2 fully saturated rings. The normalized spacial score (nSPS) is 43.0. The average molecular weight is 208 g/mol. The summed E-state index contributed by atoms with van der Waals surface area (Å²) in [5.41, 5.74) is 0.770. The second kappa shape index (κ2) is 4.47. The molecule has 15 heavy (non-hydrogen) atoms. The second-order valence-electron chi connectivity index (χ2n) is 6.40. The van der Waals surface area contributed by atoms with Crippen LogP contribution in [0.25, 0.3) is 0 Å². The van der Waals surface area contributed by atoms with E-state index in [0.29, 0.717) is 0 Å².